The van der Waals surface area contributed by atoms with Crippen molar-refractivity contribution in [3.63, 3.8) is 0 Å². The van der Waals surface area contributed by atoms with E-state index in [4.69, 9.17) is 9.47 Å². The molecular formula is C25H34BrN3O7. The Hall–Kier alpha value is -3.08. The number of ether oxygens (including phenoxy) is 3. The van der Waals surface area contributed by atoms with Crippen LogP contribution >= 0.6 is 15.9 Å². The van der Waals surface area contributed by atoms with Gasteiger partial charge >= 0.3 is 18.0 Å². The molecule has 0 saturated heterocycles. The van der Waals surface area contributed by atoms with E-state index in [9.17, 15) is 19.2 Å². The largest absolute Gasteiger partial charge is 0.469 e. The Morgan fingerprint density at radius 3 is 2.14 bits per heavy atom. The van der Waals surface area contributed by atoms with Crippen LogP contribution in [0.3, 0.4) is 0 Å². The summed E-state index contributed by atoms with van der Waals surface area (Å²) < 4.78 is 16.0. The van der Waals surface area contributed by atoms with E-state index in [0.717, 1.165) is 16.5 Å². The van der Waals surface area contributed by atoms with E-state index in [2.05, 4.69) is 36.3 Å². The third-order valence-corrected chi connectivity index (χ3v) is 5.46. The zero-order chi connectivity index (χ0) is 27.3. The molecule has 0 aliphatic heterocycles. The number of methoxy groups -OCH3 is 1. The number of H-pyrrole nitrogens is 1. The Morgan fingerprint density at radius 2 is 1.56 bits per heavy atom. The van der Waals surface area contributed by atoms with E-state index in [-0.39, 0.29) is 6.42 Å². The van der Waals surface area contributed by atoms with Crippen LogP contribution in [-0.2, 0) is 35.0 Å². The van der Waals surface area contributed by atoms with E-state index < -0.39 is 53.6 Å². The van der Waals surface area contributed by atoms with Gasteiger partial charge in [0, 0.05) is 17.3 Å². The molecule has 2 rings (SSSR count). The number of rotatable bonds is 8. The topological polar surface area (TPSA) is 136 Å². The van der Waals surface area contributed by atoms with Crippen molar-refractivity contribution < 1.29 is 33.4 Å². The molecule has 0 aliphatic carbocycles. The van der Waals surface area contributed by atoms with Gasteiger partial charge in [0.1, 0.15) is 23.3 Å². The first-order valence-corrected chi connectivity index (χ1v) is 12.2. The highest BCUT2D eigenvalue weighted by molar-refractivity contribution is 9.10. The van der Waals surface area contributed by atoms with Crippen molar-refractivity contribution in [2.75, 3.05) is 7.11 Å². The molecule has 10 nitrogen and oxygen atoms in total. The molecular weight excluding hydrogens is 534 g/mol. The van der Waals surface area contributed by atoms with Gasteiger partial charge in [0.15, 0.2) is 0 Å². The van der Waals surface area contributed by atoms with E-state index in [0.29, 0.717) is 4.60 Å². The zero-order valence-corrected chi connectivity index (χ0v) is 23.2. The van der Waals surface area contributed by atoms with Gasteiger partial charge in [-0.25, -0.2) is 9.59 Å². The van der Waals surface area contributed by atoms with Gasteiger partial charge in [-0.05, 0) is 69.1 Å². The Morgan fingerprint density at radius 1 is 0.944 bits per heavy atom. The van der Waals surface area contributed by atoms with Crippen LogP contribution in [-0.4, -0.2) is 59.3 Å². The van der Waals surface area contributed by atoms with Gasteiger partial charge in [0.2, 0.25) is 5.91 Å². The predicted molar refractivity (Wildman–Crippen MR) is 137 cm³/mol. The van der Waals surface area contributed by atoms with E-state index in [1.165, 1.54) is 7.11 Å². The lowest BCUT2D eigenvalue weighted by molar-refractivity contribution is -0.161. The van der Waals surface area contributed by atoms with Gasteiger partial charge in [-0.2, -0.15) is 0 Å². The molecule has 0 spiro atoms. The summed E-state index contributed by atoms with van der Waals surface area (Å²) in [6.07, 6.45) is -1.18. The monoisotopic (exact) mass is 567 g/mol. The maximum atomic E-state index is 13.4. The number of nitrogens with one attached hydrogen (secondary N) is 3. The molecule has 36 heavy (non-hydrogen) atoms. The van der Waals surface area contributed by atoms with Gasteiger partial charge in [-0.15, -0.1) is 0 Å². The molecule has 0 fully saturated rings. The second-order valence-electron chi connectivity index (χ2n) is 10.2. The fourth-order valence-electron chi connectivity index (χ4n) is 3.32. The van der Waals surface area contributed by atoms with Gasteiger partial charge in [-0.1, -0.05) is 18.2 Å². The van der Waals surface area contributed by atoms with Crippen LogP contribution in [0.4, 0.5) is 4.79 Å². The third kappa shape index (κ3) is 8.85. The lowest BCUT2D eigenvalue weighted by Crippen LogP contribution is -2.54. The Balaban J connectivity index is 2.36. The Kier molecular flexibility index (Phi) is 9.53. The van der Waals surface area contributed by atoms with Gasteiger partial charge in [-0.3, -0.25) is 9.59 Å². The molecule has 0 aliphatic rings. The fraction of sp³-hybridized carbons (Fsp3) is 0.520. The molecule has 0 saturated carbocycles. The Bertz CT molecular complexity index is 1120. The lowest BCUT2D eigenvalue weighted by Gasteiger charge is -2.26. The van der Waals surface area contributed by atoms with Gasteiger partial charge < -0.3 is 29.8 Å². The van der Waals surface area contributed by atoms with Crippen LogP contribution in [0, 0.1) is 0 Å². The molecule has 198 valence electrons. The number of fused-ring (bicyclic) bond motifs is 1. The summed E-state index contributed by atoms with van der Waals surface area (Å²) in [5.41, 5.74) is -0.0629. The number of aromatic nitrogens is 1. The van der Waals surface area contributed by atoms with Crippen molar-refractivity contribution in [2.24, 2.45) is 0 Å². The zero-order valence-electron chi connectivity index (χ0n) is 21.6. The number of halogens is 1. The van der Waals surface area contributed by atoms with Crippen LogP contribution in [0.25, 0.3) is 10.9 Å². The smallest absolute Gasteiger partial charge is 0.408 e. The van der Waals surface area contributed by atoms with E-state index >= 15 is 0 Å². The predicted octanol–water partition coefficient (Wildman–Crippen LogP) is 3.76. The fourth-order valence-corrected chi connectivity index (χ4v) is 3.91. The first-order valence-electron chi connectivity index (χ1n) is 11.4. The first kappa shape index (κ1) is 29.2. The first-order chi connectivity index (χ1) is 16.6. The summed E-state index contributed by atoms with van der Waals surface area (Å²) in [6.45, 7) is 10.1. The van der Waals surface area contributed by atoms with Crippen LogP contribution < -0.4 is 10.6 Å². The average molecular weight is 568 g/mol. The van der Waals surface area contributed by atoms with Crippen molar-refractivity contribution in [3.05, 3.63) is 34.4 Å². The lowest BCUT2D eigenvalue weighted by atomic mass is 10.0. The highest BCUT2D eigenvalue weighted by atomic mass is 79.9. The van der Waals surface area contributed by atoms with Crippen molar-refractivity contribution in [2.45, 2.75) is 77.7 Å². The van der Waals surface area contributed by atoms with Crippen molar-refractivity contribution in [3.8, 4) is 0 Å². The van der Waals surface area contributed by atoms with Crippen LogP contribution in [0.5, 0.6) is 0 Å². The van der Waals surface area contributed by atoms with Gasteiger partial charge in [0.25, 0.3) is 0 Å². The third-order valence-electron chi connectivity index (χ3n) is 4.78. The molecule has 0 unspecified atom stereocenters. The number of carbonyl (C=O) groups is 4. The number of hydrogen-bond donors (Lipinski definition) is 3. The SMILES string of the molecule is COC(=O)C[C@@H](NC(=O)[C@@H](Cc1c(Br)[nH]c2ccccc12)NC(=O)OC(C)(C)C)C(=O)OC(C)(C)C. The maximum Gasteiger partial charge on any atom is 0.408 e. The number of amides is 2. The number of alkyl carbamates (subject to hydrolysis) is 1. The maximum absolute atomic E-state index is 13.4. The van der Waals surface area contributed by atoms with Crippen molar-refractivity contribution >= 4 is 50.8 Å². The van der Waals surface area contributed by atoms with E-state index in [1.54, 1.807) is 41.5 Å². The molecule has 3 N–H and O–H groups in total. The number of hydrogen-bond acceptors (Lipinski definition) is 7. The minimum absolute atomic E-state index is 0.0644. The number of para-hydroxylation sites is 1. The van der Waals surface area contributed by atoms with E-state index in [1.807, 2.05) is 24.3 Å². The average Bonchev–Trinajstić information content (AvgIpc) is 3.05. The second kappa shape index (κ2) is 11.8. The highest BCUT2D eigenvalue weighted by Gasteiger charge is 2.33. The summed E-state index contributed by atoms with van der Waals surface area (Å²) in [4.78, 5) is 53.9. The molecule has 2 amide bonds. The molecule has 0 radical (unpaired) electrons. The number of esters is 2. The number of aromatic amines is 1. The molecule has 2 atom stereocenters. The van der Waals surface area contributed by atoms with Gasteiger partial charge in [0.05, 0.1) is 18.1 Å². The highest BCUT2D eigenvalue weighted by Crippen LogP contribution is 2.27. The van der Waals surface area contributed by atoms with Crippen LogP contribution in [0.2, 0.25) is 0 Å². The molecule has 2 aromatic rings. The number of benzene rings is 1. The molecule has 1 aromatic carbocycles. The molecule has 1 aromatic heterocycles. The van der Waals surface area contributed by atoms with Crippen molar-refractivity contribution in [1.29, 1.82) is 0 Å². The summed E-state index contributed by atoms with van der Waals surface area (Å²) in [6, 6.07) is 5.04. The van der Waals surface area contributed by atoms with Crippen LogP contribution in [0.1, 0.15) is 53.5 Å². The molecule has 1 heterocycles. The molecule has 11 heteroatoms. The second-order valence-corrected chi connectivity index (χ2v) is 11.0. The van der Waals surface area contributed by atoms with Crippen molar-refractivity contribution in [1.82, 2.24) is 15.6 Å². The quantitative estimate of drug-likeness (QED) is 0.326. The standard InChI is InChI=1S/C25H34BrN3O7/c1-24(2,3)35-22(32)18(13-19(30)34-7)28-21(31)17(29-23(33)36-25(4,5)6)12-15-14-10-8-9-11-16(14)27-20(15)26/h8-11,17-18,27H,12-13H2,1-7H3,(H,28,31)(H,29,33)/t17-,18-/m1/s1. The summed E-state index contributed by atoms with van der Waals surface area (Å²) in [5, 5.41) is 5.98. The van der Waals surface area contributed by atoms with Crippen LogP contribution in [0.15, 0.2) is 28.9 Å². The minimum Gasteiger partial charge on any atom is -0.469 e. The summed E-state index contributed by atoms with van der Waals surface area (Å²) in [7, 11) is 1.18. The Labute approximate surface area is 218 Å². The minimum atomic E-state index is -1.32. The summed E-state index contributed by atoms with van der Waals surface area (Å²) >= 11 is 3.48. The molecule has 0 bridgehead atoms. The summed E-state index contributed by atoms with van der Waals surface area (Å²) in [5.74, 6) is -2.20. The normalized spacial score (nSPS) is 13.4. The number of carbonyl (C=O) groups excluding carboxylic acids is 4.